The second-order valence-electron chi connectivity index (χ2n) is 2.43. The number of rotatable bonds is 4. The highest BCUT2D eigenvalue weighted by atomic mass is 13.9. The van der Waals surface area contributed by atoms with Crippen molar-refractivity contribution < 1.29 is 0 Å². The molecule has 0 aliphatic heterocycles. The maximum Gasteiger partial charge on any atom is -0.0311 e. The van der Waals surface area contributed by atoms with Crippen molar-refractivity contribution in [3.63, 3.8) is 0 Å². The third-order valence-electron chi connectivity index (χ3n) is 1.49. The maximum absolute atomic E-state index is 2.26. The van der Waals surface area contributed by atoms with Gasteiger partial charge < -0.3 is 0 Å². The highest BCUT2D eigenvalue weighted by Gasteiger charge is 1.83. The van der Waals surface area contributed by atoms with Crippen molar-refractivity contribution in [2.24, 2.45) is 0 Å². The van der Waals surface area contributed by atoms with Gasteiger partial charge in [-0.2, -0.15) is 0 Å². The summed E-state index contributed by atoms with van der Waals surface area (Å²) >= 11 is 0. The molecule has 0 aromatic carbocycles. The molecule has 0 radical (unpaired) electrons. The molecule has 0 rings (SSSR count). The normalized spacial score (nSPS) is 13.5. The monoisotopic (exact) mass is 150 g/mol. The molecule has 0 saturated heterocycles. The topological polar surface area (TPSA) is 0 Å². The van der Waals surface area contributed by atoms with Gasteiger partial charge in [-0.25, -0.2) is 0 Å². The Kier molecular flexibility index (Phi) is 6.81. The van der Waals surface area contributed by atoms with E-state index in [1.165, 1.54) is 5.57 Å². The maximum atomic E-state index is 2.26. The first kappa shape index (κ1) is 10.2. The first-order valence-electron chi connectivity index (χ1n) is 4.33. The fraction of sp³-hybridized carbons (Fsp3) is 0.455. The molecule has 0 heteroatoms. The van der Waals surface area contributed by atoms with Crippen molar-refractivity contribution >= 4 is 0 Å². The Morgan fingerprint density at radius 1 is 1.18 bits per heavy atom. The Morgan fingerprint density at radius 2 is 1.91 bits per heavy atom. The minimum atomic E-state index is 1.13. The lowest BCUT2D eigenvalue weighted by Gasteiger charge is -1.93. The van der Waals surface area contributed by atoms with E-state index in [1.54, 1.807) is 0 Å². The predicted molar refractivity (Wildman–Crippen MR) is 52.6 cm³/mol. The first-order chi connectivity index (χ1) is 5.35. The molecule has 62 valence electrons. The van der Waals surface area contributed by atoms with Gasteiger partial charge in [0, 0.05) is 0 Å². The number of hydrogen-bond acceptors (Lipinski definition) is 0. The molecular weight excluding hydrogens is 132 g/mol. The van der Waals surface area contributed by atoms with E-state index in [0.29, 0.717) is 0 Å². The Hall–Kier alpha value is -0.780. The quantitative estimate of drug-likeness (QED) is 0.534. The first-order valence-corrected chi connectivity index (χ1v) is 4.33. The lowest BCUT2D eigenvalue weighted by atomic mass is 10.1. The molecule has 0 aromatic rings. The molecule has 0 bridgehead atoms. The van der Waals surface area contributed by atoms with Crippen LogP contribution in [0.2, 0.25) is 0 Å². The summed E-state index contributed by atoms with van der Waals surface area (Å²) in [5, 5.41) is 0. The molecule has 0 atom stereocenters. The fourth-order valence-electron chi connectivity index (χ4n) is 0.883. The van der Waals surface area contributed by atoms with Crippen molar-refractivity contribution in [2.45, 2.75) is 33.6 Å². The van der Waals surface area contributed by atoms with Crippen LogP contribution in [0.5, 0.6) is 0 Å². The summed E-state index contributed by atoms with van der Waals surface area (Å²) < 4.78 is 0. The Bertz CT molecular complexity index is 159. The zero-order valence-electron chi connectivity index (χ0n) is 7.80. The zero-order chi connectivity index (χ0) is 8.53. The molecule has 0 nitrogen and oxygen atoms in total. The van der Waals surface area contributed by atoms with Crippen molar-refractivity contribution in [3.8, 4) is 0 Å². The SMILES string of the molecule is C\C=C/C=C\C(=C/CC)CC. The lowest BCUT2D eigenvalue weighted by molar-refractivity contribution is 1.10. The summed E-state index contributed by atoms with van der Waals surface area (Å²) in [6, 6.07) is 0. The largest absolute Gasteiger partial charge is 0.0877 e. The van der Waals surface area contributed by atoms with Crippen LogP contribution in [0.25, 0.3) is 0 Å². The van der Waals surface area contributed by atoms with Crippen LogP contribution in [0, 0.1) is 0 Å². The summed E-state index contributed by atoms with van der Waals surface area (Å²) in [5.74, 6) is 0. The van der Waals surface area contributed by atoms with Crippen LogP contribution in [0.3, 0.4) is 0 Å². The fourth-order valence-corrected chi connectivity index (χ4v) is 0.883. The van der Waals surface area contributed by atoms with Gasteiger partial charge >= 0.3 is 0 Å². The Morgan fingerprint density at radius 3 is 2.36 bits per heavy atom. The van der Waals surface area contributed by atoms with Crippen LogP contribution >= 0.6 is 0 Å². The molecule has 0 saturated carbocycles. The molecule has 0 aliphatic carbocycles. The molecule has 0 N–H and O–H groups in total. The predicted octanol–water partition coefficient (Wildman–Crippen LogP) is 3.87. The number of hydrogen-bond donors (Lipinski definition) is 0. The van der Waals surface area contributed by atoms with Crippen LogP contribution in [-0.2, 0) is 0 Å². The zero-order valence-corrected chi connectivity index (χ0v) is 7.80. The van der Waals surface area contributed by atoms with E-state index in [2.05, 4.69) is 38.2 Å². The summed E-state index contributed by atoms with van der Waals surface area (Å²) in [4.78, 5) is 0. The minimum Gasteiger partial charge on any atom is -0.0877 e. The molecule has 0 amide bonds. The van der Waals surface area contributed by atoms with Crippen LogP contribution in [0.1, 0.15) is 33.6 Å². The van der Waals surface area contributed by atoms with E-state index in [9.17, 15) is 0 Å². The molecular formula is C11H18. The van der Waals surface area contributed by atoms with Gasteiger partial charge in [-0.15, -0.1) is 0 Å². The van der Waals surface area contributed by atoms with E-state index in [1.807, 2.05) is 13.0 Å². The van der Waals surface area contributed by atoms with E-state index in [-0.39, 0.29) is 0 Å². The van der Waals surface area contributed by atoms with E-state index in [0.717, 1.165) is 12.8 Å². The van der Waals surface area contributed by atoms with Crippen molar-refractivity contribution in [1.29, 1.82) is 0 Å². The highest BCUT2D eigenvalue weighted by Crippen LogP contribution is 2.03. The molecule has 0 unspecified atom stereocenters. The van der Waals surface area contributed by atoms with Gasteiger partial charge in [0.25, 0.3) is 0 Å². The van der Waals surface area contributed by atoms with Gasteiger partial charge in [0.1, 0.15) is 0 Å². The van der Waals surface area contributed by atoms with Gasteiger partial charge in [0.05, 0.1) is 0 Å². The third kappa shape index (κ3) is 5.65. The standard InChI is InChI=1S/C11H18/c1-4-7-8-10-11(6-3)9-5-2/h4,7-10H,5-6H2,1-3H3/b7-4-,10-8-,11-9-. The molecule has 0 spiro atoms. The molecule has 0 aliphatic rings. The molecule has 0 aromatic heterocycles. The second kappa shape index (κ2) is 7.33. The lowest BCUT2D eigenvalue weighted by Crippen LogP contribution is -1.72. The van der Waals surface area contributed by atoms with Gasteiger partial charge in [-0.3, -0.25) is 0 Å². The van der Waals surface area contributed by atoms with Gasteiger partial charge in [-0.05, 0) is 19.8 Å². The Labute approximate surface area is 70.3 Å². The van der Waals surface area contributed by atoms with E-state index >= 15 is 0 Å². The smallest absolute Gasteiger partial charge is 0.0311 e. The summed E-state index contributed by atoms with van der Waals surface area (Å²) in [6.45, 7) is 6.38. The second-order valence-corrected chi connectivity index (χ2v) is 2.43. The molecule has 0 heterocycles. The van der Waals surface area contributed by atoms with Crippen molar-refractivity contribution in [2.75, 3.05) is 0 Å². The summed E-state index contributed by atoms with van der Waals surface area (Å²) in [5.41, 5.74) is 1.42. The van der Waals surface area contributed by atoms with Crippen LogP contribution in [0.4, 0.5) is 0 Å². The summed E-state index contributed by atoms with van der Waals surface area (Å²) in [6.07, 6.45) is 12.9. The average molecular weight is 150 g/mol. The van der Waals surface area contributed by atoms with E-state index in [4.69, 9.17) is 0 Å². The Balaban J connectivity index is 3.96. The minimum absolute atomic E-state index is 1.13. The summed E-state index contributed by atoms with van der Waals surface area (Å²) in [7, 11) is 0. The van der Waals surface area contributed by atoms with E-state index < -0.39 is 0 Å². The molecule has 0 fully saturated rings. The van der Waals surface area contributed by atoms with Gasteiger partial charge in [0.2, 0.25) is 0 Å². The molecule has 11 heavy (non-hydrogen) atoms. The highest BCUT2D eigenvalue weighted by molar-refractivity contribution is 5.21. The third-order valence-corrected chi connectivity index (χ3v) is 1.49. The van der Waals surface area contributed by atoms with Crippen molar-refractivity contribution in [1.82, 2.24) is 0 Å². The van der Waals surface area contributed by atoms with Crippen LogP contribution in [-0.4, -0.2) is 0 Å². The van der Waals surface area contributed by atoms with Gasteiger partial charge in [0.15, 0.2) is 0 Å². The van der Waals surface area contributed by atoms with Gasteiger partial charge in [-0.1, -0.05) is 49.8 Å². The van der Waals surface area contributed by atoms with Crippen molar-refractivity contribution in [3.05, 3.63) is 36.0 Å². The number of allylic oxidation sites excluding steroid dienone is 6. The van der Waals surface area contributed by atoms with Crippen LogP contribution < -0.4 is 0 Å². The van der Waals surface area contributed by atoms with Crippen LogP contribution in [0.15, 0.2) is 36.0 Å². The average Bonchev–Trinajstić information content (AvgIpc) is 2.03.